The lowest BCUT2D eigenvalue weighted by Crippen LogP contribution is -2.36. The van der Waals surface area contributed by atoms with Crippen LogP contribution < -0.4 is 15.8 Å². The normalized spacial score (nSPS) is 20.7. The summed E-state index contributed by atoms with van der Waals surface area (Å²) in [7, 11) is -3.40. The van der Waals surface area contributed by atoms with E-state index in [1.165, 1.54) is 0 Å². The lowest BCUT2D eigenvalue weighted by Gasteiger charge is -2.11. The van der Waals surface area contributed by atoms with Crippen LogP contribution in [0.2, 0.25) is 0 Å². The molecule has 1 aromatic rings. The number of hydrogen-bond donors (Lipinski definition) is 3. The Bertz CT molecular complexity index is 595. The zero-order valence-electron chi connectivity index (χ0n) is 12.9. The minimum Gasteiger partial charge on any atom is -0.355 e. The molecule has 130 valence electrons. The van der Waals surface area contributed by atoms with Crippen molar-refractivity contribution < 1.29 is 13.2 Å². The van der Waals surface area contributed by atoms with Gasteiger partial charge < -0.3 is 11.1 Å². The fraction of sp³-hybridized carbons (Fsp3) is 0.533. The number of amides is 1. The van der Waals surface area contributed by atoms with E-state index in [1.807, 2.05) is 30.3 Å². The summed E-state index contributed by atoms with van der Waals surface area (Å²) in [6.07, 6.45) is 2.33. The van der Waals surface area contributed by atoms with Gasteiger partial charge in [0.25, 0.3) is 0 Å². The van der Waals surface area contributed by atoms with Crippen LogP contribution in [0.5, 0.6) is 0 Å². The van der Waals surface area contributed by atoms with Crippen molar-refractivity contribution in [3.63, 3.8) is 0 Å². The minimum absolute atomic E-state index is 0. The Morgan fingerprint density at radius 3 is 2.52 bits per heavy atom. The lowest BCUT2D eigenvalue weighted by molar-refractivity contribution is -0.124. The van der Waals surface area contributed by atoms with Gasteiger partial charge in [-0.2, -0.15) is 0 Å². The average molecular weight is 362 g/mol. The highest BCUT2D eigenvalue weighted by Crippen LogP contribution is 2.23. The molecule has 1 aliphatic rings. The second kappa shape index (κ2) is 9.22. The van der Waals surface area contributed by atoms with Crippen molar-refractivity contribution in [3.8, 4) is 0 Å². The standard InChI is InChI=1S/C15H23N3O3S.ClH/c16-14-7-6-13(10-14)15(19)17-8-9-22(20,21)18-11-12-4-2-1-3-5-12;/h1-5,13-14,18H,6-11,16H2,(H,17,19);1H. The molecular formula is C15H24ClN3O3S. The number of carbonyl (C=O) groups excluding carboxylic acids is 1. The summed E-state index contributed by atoms with van der Waals surface area (Å²) in [5, 5.41) is 2.69. The highest BCUT2D eigenvalue weighted by molar-refractivity contribution is 7.89. The van der Waals surface area contributed by atoms with Crippen LogP contribution in [-0.4, -0.2) is 32.7 Å². The monoisotopic (exact) mass is 361 g/mol. The Labute approximate surface area is 143 Å². The number of nitrogens with two attached hydrogens (primary N) is 1. The molecule has 2 unspecified atom stereocenters. The molecule has 0 radical (unpaired) electrons. The van der Waals surface area contributed by atoms with E-state index in [0.717, 1.165) is 18.4 Å². The van der Waals surface area contributed by atoms with Crippen LogP contribution in [0.25, 0.3) is 0 Å². The lowest BCUT2D eigenvalue weighted by atomic mass is 10.1. The topological polar surface area (TPSA) is 101 Å². The van der Waals surface area contributed by atoms with Gasteiger partial charge in [-0.3, -0.25) is 4.79 Å². The highest BCUT2D eigenvalue weighted by Gasteiger charge is 2.27. The number of carbonyl (C=O) groups is 1. The first-order chi connectivity index (χ1) is 10.5. The fourth-order valence-electron chi connectivity index (χ4n) is 2.57. The molecule has 0 heterocycles. The van der Waals surface area contributed by atoms with E-state index in [1.54, 1.807) is 0 Å². The number of benzene rings is 1. The molecular weight excluding hydrogens is 338 g/mol. The quantitative estimate of drug-likeness (QED) is 0.667. The molecule has 23 heavy (non-hydrogen) atoms. The number of hydrogen-bond acceptors (Lipinski definition) is 4. The third-order valence-electron chi connectivity index (χ3n) is 3.85. The van der Waals surface area contributed by atoms with Crippen molar-refractivity contribution in [1.82, 2.24) is 10.0 Å². The van der Waals surface area contributed by atoms with E-state index in [2.05, 4.69) is 10.0 Å². The summed E-state index contributed by atoms with van der Waals surface area (Å²) in [6.45, 7) is 0.378. The van der Waals surface area contributed by atoms with Crippen LogP contribution in [0.4, 0.5) is 0 Å². The van der Waals surface area contributed by atoms with E-state index >= 15 is 0 Å². The molecule has 0 bridgehead atoms. The Morgan fingerprint density at radius 2 is 1.91 bits per heavy atom. The summed E-state index contributed by atoms with van der Waals surface area (Å²) in [6, 6.07) is 9.39. The van der Waals surface area contributed by atoms with E-state index < -0.39 is 10.0 Å². The molecule has 6 nitrogen and oxygen atoms in total. The van der Waals surface area contributed by atoms with Crippen LogP contribution in [0.1, 0.15) is 24.8 Å². The van der Waals surface area contributed by atoms with Gasteiger partial charge in [-0.1, -0.05) is 30.3 Å². The summed E-state index contributed by atoms with van der Waals surface area (Å²) < 4.78 is 26.3. The van der Waals surface area contributed by atoms with Gasteiger partial charge in [0.1, 0.15) is 0 Å². The predicted octanol–water partition coefficient (Wildman–Crippen LogP) is 0.771. The maximum Gasteiger partial charge on any atom is 0.223 e. The van der Waals surface area contributed by atoms with E-state index in [9.17, 15) is 13.2 Å². The van der Waals surface area contributed by atoms with Crippen LogP contribution in [0.15, 0.2) is 30.3 Å². The first kappa shape index (κ1) is 19.9. The Balaban J connectivity index is 0.00000264. The van der Waals surface area contributed by atoms with E-state index in [4.69, 9.17) is 5.73 Å². The van der Waals surface area contributed by atoms with Gasteiger partial charge in [-0.05, 0) is 24.8 Å². The van der Waals surface area contributed by atoms with Crippen molar-refractivity contribution in [2.24, 2.45) is 11.7 Å². The number of nitrogens with one attached hydrogen (secondary N) is 2. The third kappa shape index (κ3) is 6.87. The Kier molecular flexibility index (Phi) is 7.98. The summed E-state index contributed by atoms with van der Waals surface area (Å²) >= 11 is 0. The van der Waals surface area contributed by atoms with Gasteiger partial charge in [0, 0.05) is 25.0 Å². The summed E-state index contributed by atoms with van der Waals surface area (Å²) in [4.78, 5) is 11.9. The first-order valence-corrected chi connectivity index (χ1v) is 9.16. The van der Waals surface area contributed by atoms with Gasteiger partial charge in [-0.15, -0.1) is 12.4 Å². The van der Waals surface area contributed by atoms with Crippen LogP contribution in [0, 0.1) is 5.92 Å². The molecule has 1 amide bonds. The fourth-order valence-corrected chi connectivity index (χ4v) is 3.47. The molecule has 2 rings (SSSR count). The van der Waals surface area contributed by atoms with Crippen LogP contribution in [-0.2, 0) is 21.4 Å². The molecule has 8 heteroatoms. The number of sulfonamides is 1. The van der Waals surface area contributed by atoms with Crippen molar-refractivity contribution in [2.45, 2.75) is 31.8 Å². The van der Waals surface area contributed by atoms with Crippen LogP contribution >= 0.6 is 12.4 Å². The molecule has 0 saturated heterocycles. The second-order valence-electron chi connectivity index (χ2n) is 5.69. The van der Waals surface area contributed by atoms with Crippen LogP contribution in [0.3, 0.4) is 0 Å². The molecule has 1 fully saturated rings. The Morgan fingerprint density at radius 1 is 1.22 bits per heavy atom. The van der Waals surface area contributed by atoms with Gasteiger partial charge >= 0.3 is 0 Å². The molecule has 1 aliphatic carbocycles. The van der Waals surface area contributed by atoms with E-state index in [-0.39, 0.29) is 49.1 Å². The third-order valence-corrected chi connectivity index (χ3v) is 5.18. The molecule has 1 saturated carbocycles. The van der Waals surface area contributed by atoms with Crippen molar-refractivity contribution in [2.75, 3.05) is 12.3 Å². The van der Waals surface area contributed by atoms with Gasteiger partial charge in [0.2, 0.25) is 15.9 Å². The maximum absolute atomic E-state index is 11.9. The largest absolute Gasteiger partial charge is 0.355 e. The van der Waals surface area contributed by atoms with Crippen molar-refractivity contribution >= 4 is 28.3 Å². The van der Waals surface area contributed by atoms with Gasteiger partial charge in [-0.25, -0.2) is 13.1 Å². The molecule has 0 spiro atoms. The summed E-state index contributed by atoms with van der Waals surface area (Å²) in [5.74, 6) is -0.286. The molecule has 2 atom stereocenters. The Hall–Kier alpha value is -1.15. The summed E-state index contributed by atoms with van der Waals surface area (Å²) in [5.41, 5.74) is 6.67. The average Bonchev–Trinajstić information content (AvgIpc) is 2.93. The predicted molar refractivity (Wildman–Crippen MR) is 92.6 cm³/mol. The van der Waals surface area contributed by atoms with E-state index in [0.29, 0.717) is 6.42 Å². The highest BCUT2D eigenvalue weighted by atomic mass is 35.5. The molecule has 0 aromatic heterocycles. The SMILES string of the molecule is Cl.NC1CCC(C(=O)NCCS(=O)(=O)NCc2ccccc2)C1. The molecule has 0 aliphatic heterocycles. The van der Waals surface area contributed by atoms with Gasteiger partial charge in [0.15, 0.2) is 0 Å². The van der Waals surface area contributed by atoms with Crippen molar-refractivity contribution in [3.05, 3.63) is 35.9 Å². The minimum atomic E-state index is -3.40. The zero-order valence-corrected chi connectivity index (χ0v) is 14.5. The zero-order chi connectivity index (χ0) is 16.0. The first-order valence-electron chi connectivity index (χ1n) is 7.51. The molecule has 4 N–H and O–H groups in total. The number of halogens is 1. The molecule has 1 aromatic carbocycles. The van der Waals surface area contributed by atoms with Crippen molar-refractivity contribution in [1.29, 1.82) is 0 Å². The smallest absolute Gasteiger partial charge is 0.223 e. The van der Waals surface area contributed by atoms with Gasteiger partial charge in [0.05, 0.1) is 5.75 Å². The maximum atomic E-state index is 11.9. The second-order valence-corrected chi connectivity index (χ2v) is 7.61. The number of rotatable bonds is 7.